The van der Waals surface area contributed by atoms with E-state index in [1.54, 1.807) is 12.1 Å². The quantitative estimate of drug-likeness (QED) is 0.884. The Labute approximate surface area is 105 Å². The van der Waals surface area contributed by atoms with Crippen LogP contribution in [0.2, 0.25) is 0 Å². The van der Waals surface area contributed by atoms with Gasteiger partial charge in [-0.1, -0.05) is 31.1 Å². The van der Waals surface area contributed by atoms with Gasteiger partial charge in [-0.25, -0.2) is 4.39 Å². The molecule has 0 spiro atoms. The molecule has 18 heavy (non-hydrogen) atoms. The van der Waals surface area contributed by atoms with Crippen molar-refractivity contribution < 1.29 is 8.91 Å². The van der Waals surface area contributed by atoms with Gasteiger partial charge in [0.05, 0.1) is 0 Å². The molecule has 1 N–H and O–H groups in total. The SMILES string of the molecule is CC(C)NCCc1nc(-c2cccc(F)c2)no1. The van der Waals surface area contributed by atoms with Crippen molar-refractivity contribution in [1.29, 1.82) is 0 Å². The van der Waals surface area contributed by atoms with Gasteiger partial charge in [0.1, 0.15) is 5.82 Å². The summed E-state index contributed by atoms with van der Waals surface area (Å²) >= 11 is 0. The van der Waals surface area contributed by atoms with Gasteiger partial charge in [-0.05, 0) is 12.1 Å². The van der Waals surface area contributed by atoms with Gasteiger partial charge in [-0.15, -0.1) is 0 Å². The minimum atomic E-state index is -0.305. The number of nitrogens with zero attached hydrogens (tertiary/aromatic N) is 2. The predicted molar refractivity (Wildman–Crippen MR) is 66.5 cm³/mol. The Balaban J connectivity index is 2.02. The minimum absolute atomic E-state index is 0.305. The molecule has 0 bridgehead atoms. The van der Waals surface area contributed by atoms with Gasteiger partial charge in [0.2, 0.25) is 11.7 Å². The van der Waals surface area contributed by atoms with Crippen molar-refractivity contribution in [3.05, 3.63) is 36.0 Å². The topological polar surface area (TPSA) is 51.0 Å². The molecule has 2 rings (SSSR count). The lowest BCUT2D eigenvalue weighted by molar-refractivity contribution is 0.374. The number of halogens is 1. The van der Waals surface area contributed by atoms with Crippen LogP contribution in [0.25, 0.3) is 11.4 Å². The first-order valence-corrected chi connectivity index (χ1v) is 5.97. The molecule has 0 unspecified atom stereocenters. The molecule has 0 aliphatic rings. The van der Waals surface area contributed by atoms with Gasteiger partial charge >= 0.3 is 0 Å². The third-order valence-corrected chi connectivity index (χ3v) is 2.44. The molecule has 2 aromatic rings. The van der Waals surface area contributed by atoms with Gasteiger partial charge in [0.25, 0.3) is 0 Å². The zero-order valence-electron chi connectivity index (χ0n) is 10.5. The van der Waals surface area contributed by atoms with Crippen LogP contribution < -0.4 is 5.32 Å². The molecular formula is C13H16FN3O. The van der Waals surface area contributed by atoms with Crippen molar-refractivity contribution >= 4 is 0 Å². The monoisotopic (exact) mass is 249 g/mol. The molecule has 1 heterocycles. The van der Waals surface area contributed by atoms with Crippen molar-refractivity contribution in [3.8, 4) is 11.4 Å². The summed E-state index contributed by atoms with van der Waals surface area (Å²) in [4.78, 5) is 4.23. The zero-order chi connectivity index (χ0) is 13.0. The van der Waals surface area contributed by atoms with Crippen molar-refractivity contribution in [3.63, 3.8) is 0 Å². The zero-order valence-corrected chi connectivity index (χ0v) is 10.5. The van der Waals surface area contributed by atoms with Crippen molar-refractivity contribution in [2.45, 2.75) is 26.3 Å². The van der Waals surface area contributed by atoms with Crippen LogP contribution in [0.5, 0.6) is 0 Å². The lowest BCUT2D eigenvalue weighted by Crippen LogP contribution is -2.25. The number of benzene rings is 1. The van der Waals surface area contributed by atoms with Crippen LogP contribution in [0.3, 0.4) is 0 Å². The third-order valence-electron chi connectivity index (χ3n) is 2.44. The van der Waals surface area contributed by atoms with E-state index in [1.807, 2.05) is 0 Å². The summed E-state index contributed by atoms with van der Waals surface area (Å²) in [6, 6.07) is 6.58. The number of nitrogens with one attached hydrogen (secondary N) is 1. The standard InChI is InChI=1S/C13H16FN3O/c1-9(2)15-7-6-12-16-13(17-18-12)10-4-3-5-11(14)8-10/h3-5,8-9,15H,6-7H2,1-2H3. The lowest BCUT2D eigenvalue weighted by atomic mass is 10.2. The highest BCUT2D eigenvalue weighted by Gasteiger charge is 2.08. The fourth-order valence-corrected chi connectivity index (χ4v) is 1.57. The second-order valence-electron chi connectivity index (χ2n) is 4.38. The highest BCUT2D eigenvalue weighted by Crippen LogP contribution is 2.16. The molecular weight excluding hydrogens is 233 g/mol. The Morgan fingerprint density at radius 3 is 2.94 bits per heavy atom. The van der Waals surface area contributed by atoms with E-state index in [2.05, 4.69) is 29.3 Å². The van der Waals surface area contributed by atoms with E-state index in [9.17, 15) is 4.39 Å². The summed E-state index contributed by atoms with van der Waals surface area (Å²) < 4.78 is 18.2. The summed E-state index contributed by atoms with van der Waals surface area (Å²) in [7, 11) is 0. The van der Waals surface area contributed by atoms with Gasteiger partial charge < -0.3 is 9.84 Å². The molecule has 0 radical (unpaired) electrons. The Hall–Kier alpha value is -1.75. The normalized spacial score (nSPS) is 11.1. The average molecular weight is 249 g/mol. The van der Waals surface area contributed by atoms with E-state index in [-0.39, 0.29) is 5.82 Å². The van der Waals surface area contributed by atoms with Crippen molar-refractivity contribution in [2.75, 3.05) is 6.54 Å². The summed E-state index contributed by atoms with van der Waals surface area (Å²) in [5.41, 5.74) is 0.627. The van der Waals surface area contributed by atoms with Crippen LogP contribution >= 0.6 is 0 Å². The number of hydrogen-bond acceptors (Lipinski definition) is 4. The number of rotatable bonds is 5. The van der Waals surface area contributed by atoms with Crippen LogP contribution in [0.15, 0.2) is 28.8 Å². The maximum Gasteiger partial charge on any atom is 0.228 e. The van der Waals surface area contributed by atoms with E-state index in [4.69, 9.17) is 4.52 Å². The van der Waals surface area contributed by atoms with E-state index in [0.29, 0.717) is 29.7 Å². The van der Waals surface area contributed by atoms with Crippen LogP contribution in [0, 0.1) is 5.82 Å². The van der Waals surface area contributed by atoms with Gasteiger partial charge in [0, 0.05) is 24.6 Å². The third kappa shape index (κ3) is 3.37. The molecule has 1 aromatic carbocycles. The van der Waals surface area contributed by atoms with Crippen LogP contribution in [-0.4, -0.2) is 22.7 Å². The molecule has 5 heteroatoms. The molecule has 0 saturated heterocycles. The van der Waals surface area contributed by atoms with Crippen LogP contribution in [0.4, 0.5) is 4.39 Å². The van der Waals surface area contributed by atoms with Gasteiger partial charge in [-0.3, -0.25) is 0 Å². The van der Waals surface area contributed by atoms with Crippen LogP contribution in [-0.2, 0) is 6.42 Å². The average Bonchev–Trinajstić information content (AvgIpc) is 2.77. The summed E-state index contributed by atoms with van der Waals surface area (Å²) in [5, 5.41) is 7.11. The first-order valence-electron chi connectivity index (χ1n) is 5.97. The van der Waals surface area contributed by atoms with Gasteiger partial charge in [-0.2, -0.15) is 4.98 Å². The fraction of sp³-hybridized carbons (Fsp3) is 0.385. The Morgan fingerprint density at radius 2 is 2.22 bits per heavy atom. The molecule has 0 atom stereocenters. The molecule has 0 amide bonds. The molecule has 0 aliphatic heterocycles. The van der Waals surface area contributed by atoms with Crippen LogP contribution in [0.1, 0.15) is 19.7 Å². The number of aromatic nitrogens is 2. The van der Waals surface area contributed by atoms with E-state index in [0.717, 1.165) is 6.54 Å². The molecule has 4 nitrogen and oxygen atoms in total. The summed E-state index contributed by atoms with van der Waals surface area (Å²) in [6.45, 7) is 4.93. The number of hydrogen-bond donors (Lipinski definition) is 1. The molecule has 0 saturated carbocycles. The highest BCUT2D eigenvalue weighted by molar-refractivity contribution is 5.53. The van der Waals surface area contributed by atoms with Crippen molar-refractivity contribution in [2.24, 2.45) is 0 Å². The van der Waals surface area contributed by atoms with E-state index < -0.39 is 0 Å². The highest BCUT2D eigenvalue weighted by atomic mass is 19.1. The molecule has 0 aliphatic carbocycles. The maximum atomic E-state index is 13.1. The van der Waals surface area contributed by atoms with E-state index >= 15 is 0 Å². The Kier molecular flexibility index (Phi) is 4.04. The molecule has 96 valence electrons. The summed E-state index contributed by atoms with van der Waals surface area (Å²) in [6.07, 6.45) is 0.667. The predicted octanol–water partition coefficient (Wildman–Crippen LogP) is 2.42. The second kappa shape index (κ2) is 5.73. The largest absolute Gasteiger partial charge is 0.339 e. The maximum absolute atomic E-state index is 13.1. The minimum Gasteiger partial charge on any atom is -0.339 e. The Morgan fingerprint density at radius 1 is 1.39 bits per heavy atom. The molecule has 0 fully saturated rings. The second-order valence-corrected chi connectivity index (χ2v) is 4.38. The first kappa shape index (κ1) is 12.7. The fourth-order valence-electron chi connectivity index (χ4n) is 1.57. The smallest absolute Gasteiger partial charge is 0.228 e. The summed E-state index contributed by atoms with van der Waals surface area (Å²) in [5.74, 6) is 0.678. The van der Waals surface area contributed by atoms with Crippen molar-refractivity contribution in [1.82, 2.24) is 15.5 Å². The Bertz CT molecular complexity index is 510. The van der Waals surface area contributed by atoms with E-state index in [1.165, 1.54) is 12.1 Å². The van der Waals surface area contributed by atoms with Gasteiger partial charge in [0.15, 0.2) is 0 Å². The lowest BCUT2D eigenvalue weighted by Gasteiger charge is -2.04. The first-order chi connectivity index (χ1) is 8.65. The molecule has 1 aromatic heterocycles.